The van der Waals surface area contributed by atoms with Gasteiger partial charge >= 0.3 is 0 Å². The molecule has 1 heterocycles. The molecule has 0 bridgehead atoms. The van der Waals surface area contributed by atoms with Crippen LogP contribution in [0.2, 0.25) is 0 Å². The summed E-state index contributed by atoms with van der Waals surface area (Å²) in [4.78, 5) is 27.0. The summed E-state index contributed by atoms with van der Waals surface area (Å²) < 4.78 is 12.9. The number of piperazine rings is 1. The third-order valence-corrected chi connectivity index (χ3v) is 3.48. The average molecular weight is 294 g/mol. The van der Waals surface area contributed by atoms with Crippen molar-refractivity contribution >= 4 is 23.2 Å². The second-order valence-corrected chi connectivity index (χ2v) is 5.12. The number of hydrogen-bond donors (Lipinski definition) is 2. The van der Waals surface area contributed by atoms with Crippen LogP contribution in [0.1, 0.15) is 6.42 Å². The minimum absolute atomic E-state index is 0.0597. The summed E-state index contributed by atoms with van der Waals surface area (Å²) in [5, 5.41) is 2.64. The highest BCUT2D eigenvalue weighted by atomic mass is 19.1. The molecule has 1 aromatic carbocycles. The lowest BCUT2D eigenvalue weighted by atomic mass is 10.2. The van der Waals surface area contributed by atoms with E-state index in [1.807, 2.05) is 4.90 Å². The molecule has 6 nitrogen and oxygen atoms in total. The Morgan fingerprint density at radius 3 is 2.86 bits per heavy atom. The minimum atomic E-state index is -0.443. The molecule has 0 atom stereocenters. The molecule has 2 amide bonds. The highest BCUT2D eigenvalue weighted by Crippen LogP contribution is 2.19. The molecule has 1 fully saturated rings. The summed E-state index contributed by atoms with van der Waals surface area (Å²) in [6, 6.07) is 3.84. The van der Waals surface area contributed by atoms with Gasteiger partial charge in [0.1, 0.15) is 5.82 Å². The van der Waals surface area contributed by atoms with Gasteiger partial charge in [0.2, 0.25) is 11.8 Å². The van der Waals surface area contributed by atoms with Crippen LogP contribution in [0, 0.1) is 5.82 Å². The van der Waals surface area contributed by atoms with Crippen molar-refractivity contribution in [2.24, 2.45) is 0 Å². The topological polar surface area (TPSA) is 78.7 Å². The first-order chi connectivity index (χ1) is 9.95. The summed E-state index contributed by atoms with van der Waals surface area (Å²) in [5.74, 6) is -0.592. The Labute approximate surface area is 122 Å². The molecule has 0 aliphatic carbocycles. The fraction of sp³-hybridized carbons (Fsp3) is 0.429. The number of amides is 2. The Kier molecular flexibility index (Phi) is 4.74. The Morgan fingerprint density at radius 2 is 2.19 bits per heavy atom. The van der Waals surface area contributed by atoms with E-state index in [-0.39, 0.29) is 23.9 Å². The smallest absolute Gasteiger partial charge is 0.236 e. The molecule has 3 N–H and O–H groups in total. The quantitative estimate of drug-likeness (QED) is 0.793. The number of carbonyl (C=O) groups excluding carboxylic acids is 2. The van der Waals surface area contributed by atoms with Crippen molar-refractivity contribution < 1.29 is 14.0 Å². The first-order valence-electron chi connectivity index (χ1n) is 6.77. The number of nitrogens with one attached hydrogen (secondary N) is 1. The molecule has 7 heteroatoms. The summed E-state index contributed by atoms with van der Waals surface area (Å²) in [7, 11) is 1.77. The number of likely N-dealkylation sites (N-methyl/N-ethyl adjacent to an activating group) is 1. The fourth-order valence-corrected chi connectivity index (χ4v) is 2.12. The highest BCUT2D eigenvalue weighted by molar-refractivity contribution is 5.93. The number of carbonyl (C=O) groups is 2. The number of benzene rings is 1. The molecular weight excluding hydrogens is 275 g/mol. The first-order valence-corrected chi connectivity index (χ1v) is 6.77. The standard InChI is InChI=1S/C14H19FN4O2/c1-18-6-7-19(9-14(18)21)5-4-13(20)17-12-3-2-10(15)8-11(12)16/h2-3,8H,4-7,9,16H2,1H3,(H,17,20). The fourth-order valence-electron chi connectivity index (χ4n) is 2.12. The van der Waals surface area contributed by atoms with Crippen molar-refractivity contribution in [3.05, 3.63) is 24.0 Å². The zero-order valence-electron chi connectivity index (χ0n) is 11.9. The van der Waals surface area contributed by atoms with E-state index in [1.165, 1.54) is 12.1 Å². The second kappa shape index (κ2) is 6.53. The van der Waals surface area contributed by atoms with E-state index in [2.05, 4.69) is 5.32 Å². The molecular formula is C14H19FN4O2. The zero-order valence-corrected chi connectivity index (χ0v) is 11.9. The number of halogens is 1. The van der Waals surface area contributed by atoms with Crippen LogP contribution in [0.4, 0.5) is 15.8 Å². The lowest BCUT2D eigenvalue weighted by molar-refractivity contribution is -0.134. The third-order valence-electron chi connectivity index (χ3n) is 3.48. The summed E-state index contributed by atoms with van der Waals surface area (Å²) >= 11 is 0. The van der Waals surface area contributed by atoms with Gasteiger partial charge in [-0.05, 0) is 18.2 Å². The SMILES string of the molecule is CN1CCN(CCC(=O)Nc2ccc(F)cc2N)CC1=O. The molecule has 1 aliphatic heterocycles. The van der Waals surface area contributed by atoms with Crippen LogP contribution in [0.3, 0.4) is 0 Å². The molecule has 114 valence electrons. The lowest BCUT2D eigenvalue weighted by Gasteiger charge is -2.31. The molecule has 21 heavy (non-hydrogen) atoms. The number of nitrogen functional groups attached to an aromatic ring is 1. The van der Waals surface area contributed by atoms with Gasteiger partial charge in [-0.25, -0.2) is 4.39 Å². The van der Waals surface area contributed by atoms with Crippen molar-refractivity contribution in [3.63, 3.8) is 0 Å². The van der Waals surface area contributed by atoms with Crippen molar-refractivity contribution in [3.8, 4) is 0 Å². The largest absolute Gasteiger partial charge is 0.397 e. The maximum Gasteiger partial charge on any atom is 0.236 e. The van der Waals surface area contributed by atoms with Gasteiger partial charge in [-0.15, -0.1) is 0 Å². The van der Waals surface area contributed by atoms with E-state index in [0.717, 1.165) is 12.6 Å². The van der Waals surface area contributed by atoms with Crippen LogP contribution in [0.15, 0.2) is 18.2 Å². The predicted molar refractivity (Wildman–Crippen MR) is 78.1 cm³/mol. The molecule has 1 aliphatic rings. The summed E-state index contributed by atoms with van der Waals surface area (Å²) in [5.41, 5.74) is 6.22. The molecule has 1 saturated heterocycles. The monoisotopic (exact) mass is 294 g/mol. The van der Waals surface area contributed by atoms with Crippen LogP contribution < -0.4 is 11.1 Å². The Morgan fingerprint density at radius 1 is 1.43 bits per heavy atom. The highest BCUT2D eigenvalue weighted by Gasteiger charge is 2.21. The maximum atomic E-state index is 12.9. The van der Waals surface area contributed by atoms with E-state index in [4.69, 9.17) is 5.73 Å². The van der Waals surface area contributed by atoms with Gasteiger partial charge < -0.3 is 16.0 Å². The van der Waals surface area contributed by atoms with Gasteiger partial charge in [-0.3, -0.25) is 14.5 Å². The van der Waals surface area contributed by atoms with E-state index in [1.54, 1.807) is 11.9 Å². The average Bonchev–Trinajstić information content (AvgIpc) is 2.43. The number of nitrogens with zero attached hydrogens (tertiary/aromatic N) is 2. The van der Waals surface area contributed by atoms with Gasteiger partial charge in [0.25, 0.3) is 0 Å². The van der Waals surface area contributed by atoms with E-state index < -0.39 is 5.82 Å². The number of nitrogens with two attached hydrogens (primary N) is 1. The van der Waals surface area contributed by atoms with Crippen molar-refractivity contribution in [1.82, 2.24) is 9.80 Å². The van der Waals surface area contributed by atoms with Gasteiger partial charge in [0.15, 0.2) is 0 Å². The van der Waals surface area contributed by atoms with E-state index >= 15 is 0 Å². The van der Waals surface area contributed by atoms with Crippen LogP contribution in [-0.2, 0) is 9.59 Å². The second-order valence-electron chi connectivity index (χ2n) is 5.12. The van der Waals surface area contributed by atoms with Crippen molar-refractivity contribution in [2.75, 3.05) is 44.3 Å². The van der Waals surface area contributed by atoms with Gasteiger partial charge in [0.05, 0.1) is 17.9 Å². The van der Waals surface area contributed by atoms with Crippen molar-refractivity contribution in [2.45, 2.75) is 6.42 Å². The number of anilines is 2. The lowest BCUT2D eigenvalue weighted by Crippen LogP contribution is -2.49. The van der Waals surface area contributed by atoms with E-state index in [0.29, 0.717) is 25.3 Å². The summed E-state index contributed by atoms with van der Waals surface area (Å²) in [6.45, 7) is 2.27. The zero-order chi connectivity index (χ0) is 15.4. The van der Waals surface area contributed by atoms with Crippen LogP contribution in [0.25, 0.3) is 0 Å². The molecule has 0 saturated carbocycles. The first kappa shape index (κ1) is 15.2. The molecule has 1 aromatic rings. The van der Waals surface area contributed by atoms with Gasteiger partial charge in [0, 0.05) is 33.1 Å². The molecule has 0 unspecified atom stereocenters. The Balaban J connectivity index is 1.81. The molecule has 0 aromatic heterocycles. The Bertz CT molecular complexity index is 550. The van der Waals surface area contributed by atoms with Crippen LogP contribution in [0.5, 0.6) is 0 Å². The normalized spacial score (nSPS) is 16.1. The van der Waals surface area contributed by atoms with Gasteiger partial charge in [-0.1, -0.05) is 0 Å². The summed E-state index contributed by atoms with van der Waals surface area (Å²) in [6.07, 6.45) is 0.258. The minimum Gasteiger partial charge on any atom is -0.397 e. The molecule has 0 radical (unpaired) electrons. The van der Waals surface area contributed by atoms with Crippen LogP contribution in [-0.4, -0.2) is 54.8 Å². The van der Waals surface area contributed by atoms with Crippen LogP contribution >= 0.6 is 0 Å². The molecule has 0 spiro atoms. The number of hydrogen-bond acceptors (Lipinski definition) is 4. The molecule has 2 rings (SSSR count). The third kappa shape index (κ3) is 4.16. The maximum absolute atomic E-state index is 12.9. The number of rotatable bonds is 4. The predicted octanol–water partition coefficient (Wildman–Crippen LogP) is 0.510. The van der Waals surface area contributed by atoms with Crippen molar-refractivity contribution in [1.29, 1.82) is 0 Å². The Hall–Kier alpha value is -2.15. The van der Waals surface area contributed by atoms with Gasteiger partial charge in [-0.2, -0.15) is 0 Å². The van der Waals surface area contributed by atoms with E-state index in [9.17, 15) is 14.0 Å².